The Morgan fingerprint density at radius 3 is 2.81 bits per heavy atom. The van der Waals surface area contributed by atoms with Crippen LogP contribution in [0.5, 0.6) is 0 Å². The molecular formula is C15H26N2O4. The number of carbonyl (C=O) groups excluding carboxylic acids is 1. The lowest BCUT2D eigenvalue weighted by atomic mass is 9.98. The first kappa shape index (κ1) is 16.1. The van der Waals surface area contributed by atoms with Gasteiger partial charge in [-0.3, -0.25) is 4.79 Å². The molecule has 0 saturated carbocycles. The largest absolute Gasteiger partial charge is 0.481 e. The van der Waals surface area contributed by atoms with Crippen molar-refractivity contribution in [3.05, 3.63) is 0 Å². The van der Waals surface area contributed by atoms with E-state index in [2.05, 4.69) is 6.92 Å². The normalized spacial score (nSPS) is 26.7. The highest BCUT2D eigenvalue weighted by Crippen LogP contribution is 2.23. The van der Waals surface area contributed by atoms with Gasteiger partial charge >= 0.3 is 12.0 Å². The molecule has 2 amide bonds. The summed E-state index contributed by atoms with van der Waals surface area (Å²) >= 11 is 0. The SMILES string of the molecule is CCCC1CCCCN1C(=O)N1CCOC(CC(=O)O)C1. The summed E-state index contributed by atoms with van der Waals surface area (Å²) in [5, 5.41) is 8.86. The number of rotatable bonds is 4. The van der Waals surface area contributed by atoms with Crippen molar-refractivity contribution in [3.8, 4) is 0 Å². The fourth-order valence-electron chi connectivity index (χ4n) is 3.28. The van der Waals surface area contributed by atoms with Crippen molar-refractivity contribution in [2.24, 2.45) is 0 Å². The number of ether oxygens (including phenoxy) is 1. The summed E-state index contributed by atoms with van der Waals surface area (Å²) in [7, 11) is 0. The van der Waals surface area contributed by atoms with Crippen LogP contribution in [0.2, 0.25) is 0 Å². The Balaban J connectivity index is 1.95. The van der Waals surface area contributed by atoms with Gasteiger partial charge in [0.1, 0.15) is 0 Å². The smallest absolute Gasteiger partial charge is 0.320 e. The standard InChI is InChI=1S/C15H26N2O4/c1-2-5-12-6-3-4-7-17(12)15(20)16-8-9-21-13(11-16)10-14(18)19/h12-13H,2-11H2,1H3,(H,18,19). The molecule has 6 heteroatoms. The number of carboxylic acids is 1. The van der Waals surface area contributed by atoms with Gasteiger partial charge in [0.25, 0.3) is 0 Å². The molecule has 0 aromatic heterocycles. The molecule has 2 aliphatic rings. The predicted molar refractivity (Wildman–Crippen MR) is 78.2 cm³/mol. The molecular weight excluding hydrogens is 272 g/mol. The Bertz CT molecular complexity index is 373. The number of piperidine rings is 1. The Kier molecular flexibility index (Phi) is 5.85. The summed E-state index contributed by atoms with van der Waals surface area (Å²) in [6, 6.07) is 0.406. The summed E-state index contributed by atoms with van der Waals surface area (Å²) in [5.74, 6) is -0.879. The van der Waals surface area contributed by atoms with Gasteiger partial charge in [0.2, 0.25) is 0 Å². The molecule has 0 aliphatic carbocycles. The lowest BCUT2D eigenvalue weighted by Crippen LogP contribution is -2.55. The van der Waals surface area contributed by atoms with Crippen molar-refractivity contribution in [3.63, 3.8) is 0 Å². The minimum atomic E-state index is -0.879. The molecule has 2 heterocycles. The summed E-state index contributed by atoms with van der Waals surface area (Å²) in [6.07, 6.45) is 5.06. The van der Waals surface area contributed by atoms with E-state index in [1.54, 1.807) is 4.90 Å². The fraction of sp³-hybridized carbons (Fsp3) is 0.867. The number of amides is 2. The van der Waals surface area contributed by atoms with Gasteiger partial charge in [-0.05, 0) is 25.7 Å². The van der Waals surface area contributed by atoms with E-state index in [0.29, 0.717) is 25.7 Å². The molecule has 2 fully saturated rings. The van der Waals surface area contributed by atoms with E-state index in [1.807, 2.05) is 4.90 Å². The van der Waals surface area contributed by atoms with Crippen LogP contribution in [0.25, 0.3) is 0 Å². The van der Waals surface area contributed by atoms with Gasteiger partial charge in [0, 0.05) is 25.7 Å². The molecule has 0 bridgehead atoms. The molecule has 2 atom stereocenters. The topological polar surface area (TPSA) is 70.1 Å². The van der Waals surface area contributed by atoms with E-state index >= 15 is 0 Å². The highest BCUT2D eigenvalue weighted by molar-refractivity contribution is 5.75. The number of urea groups is 1. The second-order valence-electron chi connectivity index (χ2n) is 5.95. The lowest BCUT2D eigenvalue weighted by Gasteiger charge is -2.41. The maximum Gasteiger partial charge on any atom is 0.320 e. The third kappa shape index (κ3) is 4.33. The van der Waals surface area contributed by atoms with Gasteiger partial charge in [-0.1, -0.05) is 13.3 Å². The number of morpholine rings is 1. The van der Waals surface area contributed by atoms with E-state index in [4.69, 9.17) is 9.84 Å². The van der Waals surface area contributed by atoms with Gasteiger partial charge in [0.15, 0.2) is 0 Å². The molecule has 2 aliphatic heterocycles. The molecule has 0 radical (unpaired) electrons. The maximum atomic E-state index is 12.7. The van der Waals surface area contributed by atoms with Gasteiger partial charge in [0.05, 0.1) is 19.1 Å². The van der Waals surface area contributed by atoms with Crippen LogP contribution in [0.3, 0.4) is 0 Å². The van der Waals surface area contributed by atoms with Crippen LogP contribution in [-0.2, 0) is 9.53 Å². The quantitative estimate of drug-likeness (QED) is 0.861. The maximum absolute atomic E-state index is 12.7. The number of hydrogen-bond donors (Lipinski definition) is 1. The zero-order valence-electron chi connectivity index (χ0n) is 12.8. The second kappa shape index (κ2) is 7.64. The number of carboxylic acid groups (broad SMARTS) is 1. The number of carbonyl (C=O) groups is 2. The molecule has 2 unspecified atom stereocenters. The number of aliphatic carboxylic acids is 1. The first-order valence-electron chi connectivity index (χ1n) is 8.00. The second-order valence-corrected chi connectivity index (χ2v) is 5.95. The third-order valence-corrected chi connectivity index (χ3v) is 4.31. The predicted octanol–water partition coefficient (Wildman–Crippen LogP) is 1.94. The molecule has 2 saturated heterocycles. The fourth-order valence-corrected chi connectivity index (χ4v) is 3.28. The summed E-state index contributed by atoms with van der Waals surface area (Å²) in [5.41, 5.74) is 0. The first-order chi connectivity index (χ1) is 10.1. The molecule has 0 aromatic carbocycles. The van der Waals surface area contributed by atoms with Gasteiger partial charge in [-0.15, -0.1) is 0 Å². The van der Waals surface area contributed by atoms with E-state index in [0.717, 1.165) is 32.2 Å². The monoisotopic (exact) mass is 298 g/mol. The van der Waals surface area contributed by atoms with Crippen LogP contribution in [0.4, 0.5) is 4.79 Å². The molecule has 1 N–H and O–H groups in total. The lowest BCUT2D eigenvalue weighted by molar-refractivity contribution is -0.141. The molecule has 120 valence electrons. The molecule has 6 nitrogen and oxygen atoms in total. The first-order valence-corrected chi connectivity index (χ1v) is 8.00. The molecule has 0 aromatic rings. The molecule has 2 rings (SSSR count). The van der Waals surface area contributed by atoms with Crippen LogP contribution in [0.1, 0.15) is 45.4 Å². The zero-order valence-corrected chi connectivity index (χ0v) is 12.8. The number of likely N-dealkylation sites (tertiary alicyclic amines) is 1. The number of nitrogens with zero attached hydrogens (tertiary/aromatic N) is 2. The summed E-state index contributed by atoms with van der Waals surface area (Å²) in [6.45, 7) is 4.35. The van der Waals surface area contributed by atoms with Crippen molar-refractivity contribution in [2.75, 3.05) is 26.2 Å². The Morgan fingerprint density at radius 1 is 1.29 bits per heavy atom. The Morgan fingerprint density at radius 2 is 2.10 bits per heavy atom. The minimum Gasteiger partial charge on any atom is -0.481 e. The highest BCUT2D eigenvalue weighted by atomic mass is 16.5. The van der Waals surface area contributed by atoms with E-state index in [-0.39, 0.29) is 18.6 Å². The Labute approximate surface area is 126 Å². The van der Waals surface area contributed by atoms with Crippen LogP contribution >= 0.6 is 0 Å². The average Bonchev–Trinajstić information content (AvgIpc) is 2.47. The highest BCUT2D eigenvalue weighted by Gasteiger charge is 2.32. The van der Waals surface area contributed by atoms with Crippen molar-refractivity contribution < 1.29 is 19.4 Å². The van der Waals surface area contributed by atoms with Crippen LogP contribution in [0, 0.1) is 0 Å². The van der Waals surface area contributed by atoms with Crippen molar-refractivity contribution in [1.29, 1.82) is 0 Å². The molecule has 21 heavy (non-hydrogen) atoms. The van der Waals surface area contributed by atoms with Gasteiger partial charge in [-0.2, -0.15) is 0 Å². The summed E-state index contributed by atoms with van der Waals surface area (Å²) in [4.78, 5) is 27.3. The van der Waals surface area contributed by atoms with Crippen molar-refractivity contribution in [2.45, 2.75) is 57.6 Å². The minimum absolute atomic E-state index is 0.0395. The van der Waals surface area contributed by atoms with E-state index in [9.17, 15) is 9.59 Å². The van der Waals surface area contributed by atoms with Crippen molar-refractivity contribution >= 4 is 12.0 Å². The zero-order chi connectivity index (χ0) is 15.2. The van der Waals surface area contributed by atoms with Crippen LogP contribution in [0.15, 0.2) is 0 Å². The van der Waals surface area contributed by atoms with Crippen LogP contribution in [-0.4, -0.2) is 65.3 Å². The Hall–Kier alpha value is -1.30. The van der Waals surface area contributed by atoms with Gasteiger partial charge < -0.3 is 19.6 Å². The number of hydrogen-bond acceptors (Lipinski definition) is 3. The van der Waals surface area contributed by atoms with Crippen LogP contribution < -0.4 is 0 Å². The third-order valence-electron chi connectivity index (χ3n) is 4.31. The van der Waals surface area contributed by atoms with E-state index in [1.165, 1.54) is 6.42 Å². The van der Waals surface area contributed by atoms with E-state index < -0.39 is 5.97 Å². The molecule has 0 spiro atoms. The van der Waals surface area contributed by atoms with Crippen molar-refractivity contribution in [1.82, 2.24) is 9.80 Å². The van der Waals surface area contributed by atoms with Gasteiger partial charge in [-0.25, -0.2) is 4.79 Å². The average molecular weight is 298 g/mol. The summed E-state index contributed by atoms with van der Waals surface area (Å²) < 4.78 is 5.44.